The van der Waals surface area contributed by atoms with E-state index in [-0.39, 0.29) is 6.04 Å². The van der Waals surface area contributed by atoms with Crippen LogP contribution in [0, 0.1) is 0 Å². The number of hydrogen-bond acceptors (Lipinski definition) is 2. The van der Waals surface area contributed by atoms with E-state index in [1.54, 1.807) is 0 Å². The van der Waals surface area contributed by atoms with Crippen LogP contribution >= 0.6 is 11.6 Å². The van der Waals surface area contributed by atoms with E-state index in [1.165, 1.54) is 0 Å². The number of halogens is 1. The van der Waals surface area contributed by atoms with Crippen LogP contribution in [0.1, 0.15) is 37.8 Å². The molecule has 0 heterocycles. The predicted octanol–water partition coefficient (Wildman–Crippen LogP) is 3.55. The normalized spacial score (nSPS) is 12.7. The number of benzene rings is 1. The van der Waals surface area contributed by atoms with Crippen molar-refractivity contribution in [3.8, 4) is 0 Å². The predicted molar refractivity (Wildman–Crippen MR) is 68.7 cm³/mol. The van der Waals surface area contributed by atoms with Crippen molar-refractivity contribution >= 4 is 11.6 Å². The monoisotopic (exact) mass is 241 g/mol. The van der Waals surface area contributed by atoms with E-state index in [0.29, 0.717) is 6.61 Å². The molecular weight excluding hydrogens is 222 g/mol. The zero-order valence-corrected chi connectivity index (χ0v) is 10.5. The van der Waals surface area contributed by atoms with Gasteiger partial charge in [-0.2, -0.15) is 0 Å². The van der Waals surface area contributed by atoms with Gasteiger partial charge in [-0.25, -0.2) is 0 Å². The lowest BCUT2D eigenvalue weighted by Crippen LogP contribution is -2.13. The molecule has 90 valence electrons. The average molecular weight is 242 g/mol. The van der Waals surface area contributed by atoms with Gasteiger partial charge < -0.3 is 10.5 Å². The minimum absolute atomic E-state index is 0.0321. The lowest BCUT2D eigenvalue weighted by molar-refractivity contribution is 0.124. The number of unbranched alkanes of at least 4 members (excludes halogenated alkanes) is 1. The molecule has 2 N–H and O–H groups in total. The first-order chi connectivity index (χ1) is 7.75. The van der Waals surface area contributed by atoms with Crippen LogP contribution in [-0.2, 0) is 4.74 Å². The van der Waals surface area contributed by atoms with Crippen molar-refractivity contribution in [2.24, 2.45) is 5.73 Å². The average Bonchev–Trinajstić information content (AvgIpc) is 2.29. The van der Waals surface area contributed by atoms with Gasteiger partial charge in [0, 0.05) is 24.3 Å². The molecule has 3 heteroatoms. The Bertz CT molecular complexity index is 304. The van der Waals surface area contributed by atoms with E-state index in [9.17, 15) is 0 Å². The van der Waals surface area contributed by atoms with Crippen molar-refractivity contribution < 1.29 is 4.74 Å². The van der Waals surface area contributed by atoms with Crippen LogP contribution in [0.15, 0.2) is 24.3 Å². The van der Waals surface area contributed by atoms with Gasteiger partial charge in [-0.05, 0) is 24.5 Å². The maximum Gasteiger partial charge on any atom is 0.0484 e. The molecule has 0 fully saturated rings. The summed E-state index contributed by atoms with van der Waals surface area (Å²) in [7, 11) is 0. The highest BCUT2D eigenvalue weighted by molar-refractivity contribution is 6.31. The van der Waals surface area contributed by atoms with E-state index >= 15 is 0 Å². The van der Waals surface area contributed by atoms with Crippen LogP contribution in [0.25, 0.3) is 0 Å². The minimum atomic E-state index is -0.0321. The van der Waals surface area contributed by atoms with Crippen LogP contribution in [0.4, 0.5) is 0 Å². The Morgan fingerprint density at radius 3 is 2.75 bits per heavy atom. The molecule has 0 aliphatic heterocycles. The molecule has 1 rings (SSSR count). The summed E-state index contributed by atoms with van der Waals surface area (Å²) in [6.07, 6.45) is 3.09. The highest BCUT2D eigenvalue weighted by Crippen LogP contribution is 2.22. The molecule has 0 aromatic heterocycles. The summed E-state index contributed by atoms with van der Waals surface area (Å²) < 4.78 is 5.48. The number of ether oxygens (including phenoxy) is 1. The van der Waals surface area contributed by atoms with Crippen molar-refractivity contribution in [1.29, 1.82) is 0 Å². The third kappa shape index (κ3) is 4.52. The van der Waals surface area contributed by atoms with Gasteiger partial charge in [0.25, 0.3) is 0 Å². The van der Waals surface area contributed by atoms with E-state index in [0.717, 1.165) is 36.5 Å². The lowest BCUT2D eigenvalue weighted by Gasteiger charge is -2.13. The van der Waals surface area contributed by atoms with Crippen molar-refractivity contribution in [2.45, 2.75) is 32.2 Å². The van der Waals surface area contributed by atoms with Crippen LogP contribution < -0.4 is 5.73 Å². The van der Waals surface area contributed by atoms with Crippen LogP contribution in [0.5, 0.6) is 0 Å². The SMILES string of the molecule is CCCCOCCC(N)c1ccccc1Cl. The maximum atomic E-state index is 6.06. The third-order valence-electron chi connectivity index (χ3n) is 2.52. The fourth-order valence-electron chi connectivity index (χ4n) is 1.49. The molecule has 0 aliphatic carbocycles. The molecule has 1 atom stereocenters. The van der Waals surface area contributed by atoms with Crippen molar-refractivity contribution in [2.75, 3.05) is 13.2 Å². The second kappa shape index (κ2) is 7.66. The largest absolute Gasteiger partial charge is 0.381 e. The van der Waals surface area contributed by atoms with E-state index in [4.69, 9.17) is 22.1 Å². The van der Waals surface area contributed by atoms with Gasteiger partial charge >= 0.3 is 0 Å². The Labute approximate surface area is 103 Å². The second-order valence-electron chi connectivity index (χ2n) is 3.88. The Kier molecular flexibility index (Phi) is 6.46. The van der Waals surface area contributed by atoms with E-state index in [2.05, 4.69) is 6.92 Å². The van der Waals surface area contributed by atoms with Crippen LogP contribution in [0.2, 0.25) is 5.02 Å². The highest BCUT2D eigenvalue weighted by Gasteiger charge is 2.08. The zero-order valence-electron chi connectivity index (χ0n) is 9.79. The second-order valence-corrected chi connectivity index (χ2v) is 4.29. The fraction of sp³-hybridized carbons (Fsp3) is 0.538. The van der Waals surface area contributed by atoms with Crippen LogP contribution in [0.3, 0.4) is 0 Å². The first-order valence-corrected chi connectivity index (χ1v) is 6.21. The first kappa shape index (κ1) is 13.5. The van der Waals surface area contributed by atoms with Gasteiger partial charge in [-0.1, -0.05) is 43.1 Å². The Hall–Kier alpha value is -0.570. The van der Waals surface area contributed by atoms with Crippen molar-refractivity contribution in [3.63, 3.8) is 0 Å². The standard InChI is InChI=1S/C13H20ClNO/c1-2-3-9-16-10-8-13(15)11-6-4-5-7-12(11)14/h4-7,13H,2-3,8-10,15H2,1H3. The smallest absolute Gasteiger partial charge is 0.0484 e. The van der Waals surface area contributed by atoms with Crippen molar-refractivity contribution in [3.05, 3.63) is 34.9 Å². The number of nitrogens with two attached hydrogens (primary N) is 1. The molecule has 0 bridgehead atoms. The molecule has 1 unspecified atom stereocenters. The number of rotatable bonds is 7. The highest BCUT2D eigenvalue weighted by atomic mass is 35.5. The lowest BCUT2D eigenvalue weighted by atomic mass is 10.1. The van der Waals surface area contributed by atoms with Gasteiger partial charge in [0.15, 0.2) is 0 Å². The van der Waals surface area contributed by atoms with Gasteiger partial charge in [-0.3, -0.25) is 0 Å². The quantitative estimate of drug-likeness (QED) is 0.741. The molecule has 0 saturated carbocycles. The molecule has 0 aliphatic rings. The van der Waals surface area contributed by atoms with E-state index in [1.807, 2.05) is 24.3 Å². The number of hydrogen-bond donors (Lipinski definition) is 1. The summed E-state index contributed by atoms with van der Waals surface area (Å²) in [5.41, 5.74) is 7.05. The molecule has 16 heavy (non-hydrogen) atoms. The van der Waals surface area contributed by atoms with Gasteiger partial charge in [0.05, 0.1) is 0 Å². The fourth-order valence-corrected chi connectivity index (χ4v) is 1.77. The third-order valence-corrected chi connectivity index (χ3v) is 2.86. The zero-order chi connectivity index (χ0) is 11.8. The topological polar surface area (TPSA) is 35.2 Å². The molecular formula is C13H20ClNO. The molecule has 0 saturated heterocycles. The molecule has 1 aromatic carbocycles. The summed E-state index contributed by atoms with van der Waals surface area (Å²) in [5.74, 6) is 0. The molecule has 0 amide bonds. The minimum Gasteiger partial charge on any atom is -0.381 e. The van der Waals surface area contributed by atoms with Gasteiger partial charge in [0.1, 0.15) is 0 Å². The Morgan fingerprint density at radius 2 is 2.06 bits per heavy atom. The van der Waals surface area contributed by atoms with Gasteiger partial charge in [0.2, 0.25) is 0 Å². The molecule has 0 radical (unpaired) electrons. The summed E-state index contributed by atoms with van der Waals surface area (Å²) >= 11 is 6.06. The van der Waals surface area contributed by atoms with Crippen LogP contribution in [-0.4, -0.2) is 13.2 Å². The molecule has 0 spiro atoms. The summed E-state index contributed by atoms with van der Waals surface area (Å²) in [4.78, 5) is 0. The Morgan fingerprint density at radius 1 is 1.31 bits per heavy atom. The first-order valence-electron chi connectivity index (χ1n) is 5.83. The summed E-state index contributed by atoms with van der Waals surface area (Å²) in [6.45, 7) is 3.68. The summed E-state index contributed by atoms with van der Waals surface area (Å²) in [6, 6.07) is 7.68. The molecule has 1 aromatic rings. The maximum absolute atomic E-state index is 6.06. The summed E-state index contributed by atoms with van der Waals surface area (Å²) in [5, 5.41) is 0.739. The Balaban J connectivity index is 2.30. The van der Waals surface area contributed by atoms with E-state index < -0.39 is 0 Å². The molecule has 2 nitrogen and oxygen atoms in total. The van der Waals surface area contributed by atoms with Gasteiger partial charge in [-0.15, -0.1) is 0 Å². The van der Waals surface area contributed by atoms with Crippen molar-refractivity contribution in [1.82, 2.24) is 0 Å².